The molecule has 3 N–H and O–H groups in total. The molecule has 1 aromatic rings. The van der Waals surface area contributed by atoms with Crippen LogP contribution in [0.3, 0.4) is 0 Å². The molecule has 1 fully saturated rings. The molecule has 0 bridgehead atoms. The van der Waals surface area contributed by atoms with Crippen LogP contribution in [0.15, 0.2) is 24.3 Å². The number of carbonyl (C=O) groups excluding carboxylic acids is 1. The van der Waals surface area contributed by atoms with E-state index in [9.17, 15) is 23.1 Å². The van der Waals surface area contributed by atoms with Crippen LogP contribution in [0.2, 0.25) is 0 Å². The van der Waals surface area contributed by atoms with E-state index in [0.29, 0.717) is 0 Å². The highest BCUT2D eigenvalue weighted by molar-refractivity contribution is 5.85. The van der Waals surface area contributed by atoms with Crippen molar-refractivity contribution in [3.63, 3.8) is 0 Å². The van der Waals surface area contributed by atoms with Crippen molar-refractivity contribution in [2.24, 2.45) is 0 Å². The molecule has 1 aliphatic rings. The Bertz CT molecular complexity index is 552. The fourth-order valence-electron chi connectivity index (χ4n) is 2.43. The van der Waals surface area contributed by atoms with Gasteiger partial charge in [0.1, 0.15) is 18.5 Å². The van der Waals surface area contributed by atoms with Gasteiger partial charge < -0.3 is 20.5 Å². The zero-order chi connectivity index (χ0) is 17.6. The molecule has 5 nitrogen and oxygen atoms in total. The summed E-state index contributed by atoms with van der Waals surface area (Å²) in [5.41, 5.74) is -0.814. The van der Waals surface area contributed by atoms with Crippen molar-refractivity contribution in [3.8, 4) is 5.75 Å². The molecule has 0 saturated carbocycles. The average molecular weight is 383 g/mol. The highest BCUT2D eigenvalue weighted by Gasteiger charge is 2.30. The molecule has 9 heteroatoms. The Labute approximate surface area is 150 Å². The zero-order valence-corrected chi connectivity index (χ0v) is 14.3. The van der Waals surface area contributed by atoms with Gasteiger partial charge in [0.25, 0.3) is 0 Å². The van der Waals surface area contributed by atoms with Gasteiger partial charge in [-0.2, -0.15) is 13.2 Å². The maximum atomic E-state index is 12.6. The third-order valence-electron chi connectivity index (χ3n) is 3.74. The third kappa shape index (κ3) is 7.09. The van der Waals surface area contributed by atoms with Gasteiger partial charge in [-0.1, -0.05) is 12.5 Å². The van der Waals surface area contributed by atoms with Gasteiger partial charge in [-0.3, -0.25) is 4.79 Å². The molecular weight excluding hydrogens is 361 g/mol. The number of ether oxygens (including phenoxy) is 1. The number of amides is 1. The van der Waals surface area contributed by atoms with Crippen LogP contribution >= 0.6 is 12.4 Å². The van der Waals surface area contributed by atoms with Crippen LogP contribution in [0.25, 0.3) is 0 Å². The summed E-state index contributed by atoms with van der Waals surface area (Å²) >= 11 is 0. The van der Waals surface area contributed by atoms with Crippen LogP contribution in [0.4, 0.5) is 13.2 Å². The zero-order valence-electron chi connectivity index (χ0n) is 13.5. The molecule has 1 unspecified atom stereocenters. The summed E-state index contributed by atoms with van der Waals surface area (Å²) in [5, 5.41) is 15.5. The minimum Gasteiger partial charge on any atom is -0.491 e. The molecule has 142 valence electrons. The maximum Gasteiger partial charge on any atom is 0.416 e. The quantitative estimate of drug-likeness (QED) is 0.705. The van der Waals surface area contributed by atoms with Gasteiger partial charge >= 0.3 is 6.18 Å². The summed E-state index contributed by atoms with van der Waals surface area (Å²) in [4.78, 5) is 11.9. The second kappa shape index (κ2) is 9.84. The Morgan fingerprint density at radius 2 is 2.16 bits per heavy atom. The smallest absolute Gasteiger partial charge is 0.416 e. The molecule has 1 amide bonds. The summed E-state index contributed by atoms with van der Waals surface area (Å²) in [6, 6.07) is 4.18. The normalized spacial score (nSPS) is 18.8. The van der Waals surface area contributed by atoms with Crippen LogP contribution in [0.5, 0.6) is 5.75 Å². The third-order valence-corrected chi connectivity index (χ3v) is 3.74. The predicted octanol–water partition coefficient (Wildman–Crippen LogP) is 2.13. The summed E-state index contributed by atoms with van der Waals surface area (Å²) in [7, 11) is 0. The Kier molecular flexibility index (Phi) is 8.47. The van der Waals surface area contributed by atoms with Crippen molar-refractivity contribution in [3.05, 3.63) is 29.8 Å². The molecular formula is C16H22ClF3N2O3. The van der Waals surface area contributed by atoms with E-state index < -0.39 is 17.8 Å². The van der Waals surface area contributed by atoms with Crippen LogP contribution in [0, 0.1) is 0 Å². The molecule has 1 saturated heterocycles. The summed E-state index contributed by atoms with van der Waals surface area (Å²) in [6.07, 6.45) is -2.68. The first-order chi connectivity index (χ1) is 11.4. The lowest BCUT2D eigenvalue weighted by atomic mass is 10.0. The molecule has 0 radical (unpaired) electrons. The number of halogens is 4. The molecule has 1 aliphatic heterocycles. The fraction of sp³-hybridized carbons (Fsp3) is 0.562. The van der Waals surface area contributed by atoms with Crippen molar-refractivity contribution in [2.75, 3.05) is 19.7 Å². The van der Waals surface area contributed by atoms with Gasteiger partial charge in [0.05, 0.1) is 11.6 Å². The number of rotatable bonds is 6. The number of carbonyl (C=O) groups is 1. The van der Waals surface area contributed by atoms with Crippen LogP contribution in [-0.4, -0.2) is 42.9 Å². The molecule has 2 rings (SSSR count). The Morgan fingerprint density at radius 3 is 2.80 bits per heavy atom. The fourth-order valence-corrected chi connectivity index (χ4v) is 2.43. The lowest BCUT2D eigenvalue weighted by Crippen LogP contribution is -2.48. The van der Waals surface area contributed by atoms with Gasteiger partial charge in [0, 0.05) is 6.54 Å². The molecule has 1 heterocycles. The SMILES string of the molecule is Cl.O=C(NCC(O)COc1cccc(C(F)(F)F)c1)[C@H]1CCCCN1. The topological polar surface area (TPSA) is 70.6 Å². The molecule has 0 spiro atoms. The van der Waals surface area contributed by atoms with Crippen LogP contribution in [-0.2, 0) is 11.0 Å². The van der Waals surface area contributed by atoms with E-state index in [1.54, 1.807) is 0 Å². The standard InChI is InChI=1S/C16H21F3N2O3.ClH/c17-16(18,19)11-4-3-5-13(8-11)24-10-12(22)9-21-15(23)14-6-1-2-7-20-14;/h3-5,8,12,14,20,22H,1-2,6-7,9-10H2,(H,21,23);1H/t12?,14-;/m1./s1. The van der Waals surface area contributed by atoms with E-state index in [-0.39, 0.29) is 43.3 Å². The van der Waals surface area contributed by atoms with Gasteiger partial charge in [-0.05, 0) is 37.6 Å². The summed E-state index contributed by atoms with van der Waals surface area (Å²) < 4.78 is 42.9. The lowest BCUT2D eigenvalue weighted by Gasteiger charge is -2.23. The van der Waals surface area contributed by atoms with Crippen molar-refractivity contribution >= 4 is 18.3 Å². The Balaban J connectivity index is 0.00000312. The molecule has 25 heavy (non-hydrogen) atoms. The minimum atomic E-state index is -4.45. The first kappa shape index (κ1) is 21.5. The van der Waals surface area contributed by atoms with E-state index in [0.717, 1.165) is 37.9 Å². The monoisotopic (exact) mass is 382 g/mol. The van der Waals surface area contributed by atoms with Crippen molar-refractivity contribution in [2.45, 2.75) is 37.6 Å². The van der Waals surface area contributed by atoms with E-state index in [2.05, 4.69) is 10.6 Å². The molecule has 2 atom stereocenters. The van der Waals surface area contributed by atoms with E-state index in [1.165, 1.54) is 12.1 Å². The van der Waals surface area contributed by atoms with Crippen molar-refractivity contribution < 1.29 is 27.8 Å². The second-order valence-electron chi connectivity index (χ2n) is 5.74. The maximum absolute atomic E-state index is 12.6. The van der Waals surface area contributed by atoms with Gasteiger partial charge in [0.15, 0.2) is 0 Å². The summed E-state index contributed by atoms with van der Waals surface area (Å²) in [6.45, 7) is 0.564. The number of piperidine rings is 1. The first-order valence-corrected chi connectivity index (χ1v) is 7.85. The van der Waals surface area contributed by atoms with Gasteiger partial charge in [0.2, 0.25) is 5.91 Å². The summed E-state index contributed by atoms with van der Waals surface area (Å²) in [5.74, 6) is -0.169. The second-order valence-corrected chi connectivity index (χ2v) is 5.74. The number of hydrogen-bond acceptors (Lipinski definition) is 4. The number of nitrogens with one attached hydrogen (secondary N) is 2. The number of aliphatic hydroxyl groups excluding tert-OH is 1. The first-order valence-electron chi connectivity index (χ1n) is 7.85. The van der Waals surface area contributed by atoms with E-state index in [4.69, 9.17) is 4.74 Å². The van der Waals surface area contributed by atoms with Gasteiger partial charge in [-0.25, -0.2) is 0 Å². The number of aliphatic hydroxyl groups is 1. The van der Waals surface area contributed by atoms with E-state index in [1.807, 2.05) is 0 Å². The lowest BCUT2D eigenvalue weighted by molar-refractivity contribution is -0.137. The number of benzene rings is 1. The largest absolute Gasteiger partial charge is 0.491 e. The van der Waals surface area contributed by atoms with Gasteiger partial charge in [-0.15, -0.1) is 12.4 Å². The Morgan fingerprint density at radius 1 is 1.40 bits per heavy atom. The highest BCUT2D eigenvalue weighted by atomic mass is 35.5. The highest BCUT2D eigenvalue weighted by Crippen LogP contribution is 2.31. The van der Waals surface area contributed by atoms with Crippen LogP contribution in [0.1, 0.15) is 24.8 Å². The van der Waals surface area contributed by atoms with Crippen molar-refractivity contribution in [1.29, 1.82) is 0 Å². The number of alkyl halides is 3. The molecule has 0 aliphatic carbocycles. The van der Waals surface area contributed by atoms with Crippen molar-refractivity contribution in [1.82, 2.24) is 10.6 Å². The van der Waals surface area contributed by atoms with E-state index >= 15 is 0 Å². The number of hydrogen-bond donors (Lipinski definition) is 3. The Hall–Kier alpha value is -1.51. The minimum absolute atomic E-state index is 0. The molecule has 1 aromatic carbocycles. The predicted molar refractivity (Wildman–Crippen MR) is 88.8 cm³/mol. The molecule has 0 aromatic heterocycles. The van der Waals surface area contributed by atoms with Crippen LogP contribution < -0.4 is 15.4 Å². The average Bonchev–Trinajstić information content (AvgIpc) is 2.58.